The van der Waals surface area contributed by atoms with Crippen LogP contribution in [0.1, 0.15) is 19.8 Å². The summed E-state index contributed by atoms with van der Waals surface area (Å²) in [6, 6.07) is 5.81. The lowest BCUT2D eigenvalue weighted by atomic mass is 9.90. The van der Waals surface area contributed by atoms with E-state index in [-0.39, 0.29) is 22.8 Å². The van der Waals surface area contributed by atoms with Crippen LogP contribution in [0.5, 0.6) is 5.75 Å². The molecule has 0 aliphatic heterocycles. The van der Waals surface area contributed by atoms with Gasteiger partial charge in [-0.05, 0) is 31.9 Å². The van der Waals surface area contributed by atoms with E-state index in [0.717, 1.165) is 0 Å². The van der Waals surface area contributed by atoms with Crippen LogP contribution in [0.15, 0.2) is 29.2 Å². The number of phenolic OH excluding ortho intramolecular Hbond substituents is 1. The van der Waals surface area contributed by atoms with E-state index in [2.05, 4.69) is 4.72 Å². The number of para-hydroxylation sites is 1. The minimum atomic E-state index is -3.64. The maximum Gasteiger partial charge on any atom is 0.244 e. The molecule has 0 saturated heterocycles. The number of rotatable bonds is 5. The normalized spacial score (nSPS) is 23.6. The molecule has 0 heterocycles. The highest BCUT2D eigenvalue weighted by atomic mass is 32.2. The van der Waals surface area contributed by atoms with Crippen LogP contribution < -0.4 is 4.72 Å². The highest BCUT2D eigenvalue weighted by molar-refractivity contribution is 7.89. The Bertz CT molecular complexity index is 509. The molecule has 0 amide bonds. The second kappa shape index (κ2) is 5.26. The first-order valence-corrected chi connectivity index (χ1v) is 7.43. The van der Waals surface area contributed by atoms with E-state index in [1.807, 2.05) is 6.92 Å². The van der Waals surface area contributed by atoms with Crippen LogP contribution in [-0.4, -0.2) is 32.3 Å². The molecule has 1 aromatic rings. The maximum absolute atomic E-state index is 12.0. The van der Waals surface area contributed by atoms with Gasteiger partial charge in [0.1, 0.15) is 10.6 Å². The summed E-state index contributed by atoms with van der Waals surface area (Å²) in [5.74, 6) is -0.231. The van der Waals surface area contributed by atoms with Crippen molar-refractivity contribution in [1.82, 2.24) is 4.72 Å². The Kier molecular flexibility index (Phi) is 3.89. The Hall–Kier alpha value is -1.11. The number of benzene rings is 1. The first kappa shape index (κ1) is 13.3. The Morgan fingerprint density at radius 3 is 2.67 bits per heavy atom. The molecular weight excluding hydrogens is 254 g/mol. The van der Waals surface area contributed by atoms with E-state index in [9.17, 15) is 13.5 Å². The van der Waals surface area contributed by atoms with E-state index < -0.39 is 10.0 Å². The zero-order valence-corrected chi connectivity index (χ0v) is 11.0. The van der Waals surface area contributed by atoms with Crippen LogP contribution in [0, 0.1) is 0 Å². The number of sulfonamides is 1. The third-order valence-corrected chi connectivity index (χ3v) is 4.54. The molecule has 0 unspecified atom stereocenters. The molecule has 18 heavy (non-hydrogen) atoms. The number of ether oxygens (including phenoxy) is 1. The van der Waals surface area contributed by atoms with Crippen LogP contribution in [0.3, 0.4) is 0 Å². The fourth-order valence-electron chi connectivity index (χ4n) is 2.00. The summed E-state index contributed by atoms with van der Waals surface area (Å²) in [5, 5.41) is 9.54. The van der Waals surface area contributed by atoms with E-state index in [0.29, 0.717) is 19.4 Å². The molecule has 0 aromatic heterocycles. The number of hydrogen-bond donors (Lipinski definition) is 2. The van der Waals surface area contributed by atoms with Crippen molar-refractivity contribution in [2.75, 3.05) is 6.61 Å². The predicted octanol–water partition coefficient (Wildman–Crippen LogP) is 1.24. The second-order valence-corrected chi connectivity index (χ2v) is 6.02. The van der Waals surface area contributed by atoms with Gasteiger partial charge >= 0.3 is 0 Å². The molecular formula is C12H17NO4S. The Morgan fingerprint density at radius 1 is 1.39 bits per heavy atom. The molecule has 2 rings (SSSR count). The first-order valence-electron chi connectivity index (χ1n) is 5.95. The summed E-state index contributed by atoms with van der Waals surface area (Å²) in [7, 11) is -3.64. The minimum Gasteiger partial charge on any atom is -0.507 e. The summed E-state index contributed by atoms with van der Waals surface area (Å²) in [6.45, 7) is 2.56. The second-order valence-electron chi connectivity index (χ2n) is 4.33. The molecule has 0 atom stereocenters. The molecule has 100 valence electrons. The summed E-state index contributed by atoms with van der Waals surface area (Å²) in [6.07, 6.45) is 1.51. The molecule has 1 aromatic carbocycles. The van der Waals surface area contributed by atoms with Crippen LogP contribution in [0.4, 0.5) is 0 Å². The molecule has 0 bridgehead atoms. The van der Waals surface area contributed by atoms with Gasteiger partial charge in [0.2, 0.25) is 10.0 Å². The van der Waals surface area contributed by atoms with E-state index >= 15 is 0 Å². The van der Waals surface area contributed by atoms with Gasteiger partial charge in [0, 0.05) is 12.6 Å². The standard InChI is InChI=1S/C12H17NO4S/c1-2-17-10-7-9(8-10)13-18(15,16)12-6-4-3-5-11(12)14/h3-6,9-10,13-14H,2,7-8H2,1H3. The van der Waals surface area contributed by atoms with Crippen LogP contribution in [0.25, 0.3) is 0 Å². The number of nitrogens with one attached hydrogen (secondary N) is 1. The van der Waals surface area contributed by atoms with Crippen molar-refractivity contribution in [3.63, 3.8) is 0 Å². The van der Waals surface area contributed by atoms with E-state index in [4.69, 9.17) is 4.74 Å². The van der Waals surface area contributed by atoms with Gasteiger partial charge in [-0.2, -0.15) is 0 Å². The largest absolute Gasteiger partial charge is 0.507 e. The average Bonchev–Trinajstić information content (AvgIpc) is 2.26. The quantitative estimate of drug-likeness (QED) is 0.844. The van der Waals surface area contributed by atoms with Gasteiger partial charge in [-0.3, -0.25) is 0 Å². The smallest absolute Gasteiger partial charge is 0.244 e. The lowest BCUT2D eigenvalue weighted by Gasteiger charge is -2.35. The van der Waals surface area contributed by atoms with Crippen molar-refractivity contribution in [3.05, 3.63) is 24.3 Å². The average molecular weight is 271 g/mol. The third kappa shape index (κ3) is 2.82. The fraction of sp³-hybridized carbons (Fsp3) is 0.500. The fourth-order valence-corrected chi connectivity index (χ4v) is 3.36. The number of phenols is 1. The molecule has 1 aliphatic carbocycles. The van der Waals surface area contributed by atoms with Gasteiger partial charge in [-0.25, -0.2) is 13.1 Å². The zero-order valence-electron chi connectivity index (χ0n) is 10.2. The van der Waals surface area contributed by atoms with Gasteiger partial charge < -0.3 is 9.84 Å². The van der Waals surface area contributed by atoms with Crippen LogP contribution in [-0.2, 0) is 14.8 Å². The summed E-state index contributed by atoms with van der Waals surface area (Å²) >= 11 is 0. The van der Waals surface area contributed by atoms with E-state index in [1.54, 1.807) is 12.1 Å². The van der Waals surface area contributed by atoms with Gasteiger partial charge in [-0.15, -0.1) is 0 Å². The van der Waals surface area contributed by atoms with Gasteiger partial charge in [0.05, 0.1) is 6.10 Å². The minimum absolute atomic E-state index is 0.0788. The van der Waals surface area contributed by atoms with Crippen LogP contribution in [0.2, 0.25) is 0 Å². The number of hydrogen-bond acceptors (Lipinski definition) is 4. The van der Waals surface area contributed by atoms with Crippen LogP contribution >= 0.6 is 0 Å². The van der Waals surface area contributed by atoms with Gasteiger partial charge in [0.15, 0.2) is 0 Å². The highest BCUT2D eigenvalue weighted by Gasteiger charge is 2.33. The summed E-state index contributed by atoms with van der Waals surface area (Å²) in [4.78, 5) is -0.0788. The van der Waals surface area contributed by atoms with Crippen molar-refractivity contribution >= 4 is 10.0 Å². The third-order valence-electron chi connectivity index (χ3n) is 2.97. The van der Waals surface area contributed by atoms with Gasteiger partial charge in [-0.1, -0.05) is 12.1 Å². The molecule has 5 nitrogen and oxygen atoms in total. The van der Waals surface area contributed by atoms with Crippen molar-refractivity contribution in [2.24, 2.45) is 0 Å². The predicted molar refractivity (Wildman–Crippen MR) is 66.9 cm³/mol. The molecule has 0 radical (unpaired) electrons. The lowest BCUT2D eigenvalue weighted by molar-refractivity contribution is -0.00476. The van der Waals surface area contributed by atoms with Crippen molar-refractivity contribution < 1.29 is 18.3 Å². The van der Waals surface area contributed by atoms with E-state index in [1.165, 1.54) is 12.1 Å². The van der Waals surface area contributed by atoms with Crippen molar-refractivity contribution in [2.45, 2.75) is 36.8 Å². The number of aromatic hydroxyl groups is 1. The first-order chi connectivity index (χ1) is 8.53. The topological polar surface area (TPSA) is 75.6 Å². The summed E-state index contributed by atoms with van der Waals surface area (Å²) < 4.78 is 32.0. The maximum atomic E-state index is 12.0. The monoisotopic (exact) mass is 271 g/mol. The zero-order chi connectivity index (χ0) is 13.2. The van der Waals surface area contributed by atoms with Crippen molar-refractivity contribution in [1.29, 1.82) is 0 Å². The lowest BCUT2D eigenvalue weighted by Crippen LogP contribution is -2.47. The molecule has 6 heteroatoms. The van der Waals surface area contributed by atoms with Crippen molar-refractivity contribution in [3.8, 4) is 5.75 Å². The molecule has 1 aliphatic rings. The molecule has 1 saturated carbocycles. The molecule has 1 fully saturated rings. The Labute approximate surface area is 107 Å². The SMILES string of the molecule is CCOC1CC(NS(=O)(=O)c2ccccc2O)C1. The molecule has 2 N–H and O–H groups in total. The Morgan fingerprint density at radius 2 is 2.06 bits per heavy atom. The highest BCUT2D eigenvalue weighted by Crippen LogP contribution is 2.27. The molecule has 0 spiro atoms. The van der Waals surface area contributed by atoms with Gasteiger partial charge in [0.25, 0.3) is 0 Å². The summed E-state index contributed by atoms with van der Waals surface area (Å²) in [5.41, 5.74) is 0. The Balaban J connectivity index is 2.00.